The highest BCUT2D eigenvalue weighted by atomic mass is 32.1. The van der Waals surface area contributed by atoms with E-state index < -0.39 is 0 Å². The number of para-hydroxylation sites is 1. The molecule has 0 atom stereocenters. The molecule has 0 radical (unpaired) electrons. The molecule has 6 heteroatoms. The van der Waals surface area contributed by atoms with Gasteiger partial charge < -0.3 is 14.8 Å². The molecule has 2 rings (SSSR count). The second-order valence-corrected chi connectivity index (χ2v) is 4.94. The van der Waals surface area contributed by atoms with Gasteiger partial charge in [-0.1, -0.05) is 18.2 Å². The summed E-state index contributed by atoms with van der Waals surface area (Å²) in [5.41, 5.74) is 4.56. The Labute approximate surface area is 141 Å². The minimum atomic E-state index is 0.422. The van der Waals surface area contributed by atoms with Crippen molar-refractivity contribution in [2.24, 2.45) is 5.10 Å². The van der Waals surface area contributed by atoms with Crippen LogP contribution in [-0.2, 0) is 0 Å². The molecule has 0 aliphatic carbocycles. The molecule has 120 valence electrons. The van der Waals surface area contributed by atoms with Gasteiger partial charge >= 0.3 is 0 Å². The van der Waals surface area contributed by atoms with Gasteiger partial charge in [-0.15, -0.1) is 0 Å². The third-order valence-electron chi connectivity index (χ3n) is 2.90. The van der Waals surface area contributed by atoms with E-state index in [9.17, 15) is 0 Å². The quantitative estimate of drug-likeness (QED) is 0.483. The predicted octanol–water partition coefficient (Wildman–Crippen LogP) is 3.41. The van der Waals surface area contributed by atoms with E-state index in [1.165, 1.54) is 0 Å². The Hall–Kier alpha value is -2.60. The van der Waals surface area contributed by atoms with Gasteiger partial charge in [0.25, 0.3) is 0 Å². The summed E-state index contributed by atoms with van der Waals surface area (Å²) in [4.78, 5) is 0. The zero-order valence-corrected chi connectivity index (χ0v) is 13.9. The van der Waals surface area contributed by atoms with Crippen LogP contribution in [0.25, 0.3) is 0 Å². The van der Waals surface area contributed by atoms with E-state index in [0.29, 0.717) is 23.2 Å². The zero-order valence-electron chi connectivity index (χ0n) is 13.1. The lowest BCUT2D eigenvalue weighted by Gasteiger charge is -2.09. The van der Waals surface area contributed by atoms with Gasteiger partial charge in [-0.05, 0) is 55.0 Å². The third kappa shape index (κ3) is 5.27. The van der Waals surface area contributed by atoms with Crippen molar-refractivity contribution in [2.75, 3.05) is 19.0 Å². The number of anilines is 1. The summed E-state index contributed by atoms with van der Waals surface area (Å²) >= 11 is 5.17. The number of hydrogen-bond acceptors (Lipinski definition) is 4. The van der Waals surface area contributed by atoms with E-state index >= 15 is 0 Å². The van der Waals surface area contributed by atoms with Crippen LogP contribution in [0.2, 0.25) is 0 Å². The van der Waals surface area contributed by atoms with E-state index in [-0.39, 0.29) is 0 Å². The number of hydrogen-bond donors (Lipinski definition) is 2. The highest BCUT2D eigenvalue weighted by Gasteiger charge is 2.04. The van der Waals surface area contributed by atoms with Crippen LogP contribution >= 0.6 is 12.2 Å². The fraction of sp³-hybridized carbons (Fsp3) is 0.176. The zero-order chi connectivity index (χ0) is 16.5. The van der Waals surface area contributed by atoms with Crippen LogP contribution in [0.4, 0.5) is 5.69 Å². The van der Waals surface area contributed by atoms with Gasteiger partial charge in [-0.25, -0.2) is 0 Å². The van der Waals surface area contributed by atoms with Crippen LogP contribution in [0.3, 0.4) is 0 Å². The SMILES string of the molecule is CCOc1ccc(C=NNC(=S)Nc2ccccc2)cc1OC. The summed E-state index contributed by atoms with van der Waals surface area (Å²) in [6.45, 7) is 2.52. The van der Waals surface area contributed by atoms with Crippen molar-refractivity contribution in [1.29, 1.82) is 0 Å². The maximum atomic E-state index is 5.48. The summed E-state index contributed by atoms with van der Waals surface area (Å²) in [5, 5.41) is 7.57. The molecule has 2 aromatic carbocycles. The Bertz CT molecular complexity index is 675. The number of rotatable bonds is 6. The van der Waals surface area contributed by atoms with Crippen LogP contribution in [0.1, 0.15) is 12.5 Å². The first-order chi connectivity index (χ1) is 11.2. The minimum Gasteiger partial charge on any atom is -0.493 e. The van der Waals surface area contributed by atoms with E-state index in [1.807, 2.05) is 55.5 Å². The second kappa shape index (κ2) is 8.75. The topological polar surface area (TPSA) is 54.9 Å². The summed E-state index contributed by atoms with van der Waals surface area (Å²) in [6.07, 6.45) is 1.66. The number of methoxy groups -OCH3 is 1. The summed E-state index contributed by atoms with van der Waals surface area (Å²) in [5.74, 6) is 1.38. The Morgan fingerprint density at radius 2 is 1.96 bits per heavy atom. The van der Waals surface area contributed by atoms with Crippen LogP contribution < -0.4 is 20.2 Å². The number of nitrogens with one attached hydrogen (secondary N) is 2. The number of nitrogens with zero attached hydrogens (tertiary/aromatic N) is 1. The molecule has 0 aliphatic heterocycles. The predicted molar refractivity (Wildman–Crippen MR) is 97.6 cm³/mol. The van der Waals surface area contributed by atoms with Crippen molar-refractivity contribution in [2.45, 2.75) is 6.92 Å². The molecule has 0 heterocycles. The number of ether oxygens (including phenoxy) is 2. The molecule has 2 N–H and O–H groups in total. The molecule has 0 fully saturated rings. The molecule has 0 saturated carbocycles. The first-order valence-corrected chi connectivity index (χ1v) is 7.59. The standard InChI is InChI=1S/C17H19N3O2S/c1-3-22-15-10-9-13(11-16(15)21-2)12-18-20-17(23)19-14-7-5-4-6-8-14/h4-12H,3H2,1-2H3,(H2,19,20,23). The molecule has 0 spiro atoms. The van der Waals surface area contributed by atoms with E-state index in [4.69, 9.17) is 21.7 Å². The van der Waals surface area contributed by atoms with Crippen molar-refractivity contribution in [3.63, 3.8) is 0 Å². The smallest absolute Gasteiger partial charge is 0.191 e. The number of hydrazone groups is 1. The molecule has 0 aromatic heterocycles. The fourth-order valence-electron chi connectivity index (χ4n) is 1.89. The Balaban J connectivity index is 1.93. The first kappa shape index (κ1) is 16.8. The summed E-state index contributed by atoms with van der Waals surface area (Å²) < 4.78 is 10.8. The van der Waals surface area contributed by atoms with Crippen molar-refractivity contribution in [1.82, 2.24) is 5.43 Å². The highest BCUT2D eigenvalue weighted by Crippen LogP contribution is 2.27. The van der Waals surface area contributed by atoms with Gasteiger partial charge in [-0.2, -0.15) is 5.10 Å². The minimum absolute atomic E-state index is 0.422. The molecule has 5 nitrogen and oxygen atoms in total. The van der Waals surface area contributed by atoms with Crippen LogP contribution in [-0.4, -0.2) is 25.0 Å². The molecule has 0 amide bonds. The van der Waals surface area contributed by atoms with Gasteiger partial charge in [-0.3, -0.25) is 5.43 Å². The van der Waals surface area contributed by atoms with Crippen molar-refractivity contribution >= 4 is 29.2 Å². The molecule has 0 aliphatic rings. The molecule has 23 heavy (non-hydrogen) atoms. The van der Waals surface area contributed by atoms with Crippen LogP contribution in [0, 0.1) is 0 Å². The molecule has 0 unspecified atom stereocenters. The Kier molecular flexibility index (Phi) is 6.38. The summed E-state index contributed by atoms with van der Waals surface area (Å²) in [7, 11) is 1.61. The molecule has 0 bridgehead atoms. The average Bonchev–Trinajstić information content (AvgIpc) is 2.57. The van der Waals surface area contributed by atoms with Crippen molar-refractivity contribution < 1.29 is 9.47 Å². The van der Waals surface area contributed by atoms with Crippen LogP contribution in [0.5, 0.6) is 11.5 Å². The first-order valence-electron chi connectivity index (χ1n) is 7.19. The largest absolute Gasteiger partial charge is 0.493 e. The van der Waals surface area contributed by atoms with E-state index in [1.54, 1.807) is 13.3 Å². The molecule has 0 saturated heterocycles. The van der Waals surface area contributed by atoms with E-state index in [0.717, 1.165) is 11.3 Å². The van der Waals surface area contributed by atoms with Gasteiger partial charge in [0.15, 0.2) is 16.6 Å². The fourth-order valence-corrected chi connectivity index (χ4v) is 2.06. The molecule has 2 aromatic rings. The Morgan fingerprint density at radius 3 is 2.65 bits per heavy atom. The van der Waals surface area contributed by atoms with Gasteiger partial charge in [0.05, 0.1) is 19.9 Å². The highest BCUT2D eigenvalue weighted by molar-refractivity contribution is 7.80. The number of benzene rings is 2. The maximum absolute atomic E-state index is 5.48. The lowest BCUT2D eigenvalue weighted by molar-refractivity contribution is 0.311. The number of thiocarbonyl (C=S) groups is 1. The maximum Gasteiger partial charge on any atom is 0.191 e. The monoisotopic (exact) mass is 329 g/mol. The van der Waals surface area contributed by atoms with Crippen molar-refractivity contribution in [3.05, 3.63) is 54.1 Å². The molecular formula is C17H19N3O2S. The van der Waals surface area contributed by atoms with E-state index in [2.05, 4.69) is 15.8 Å². The van der Waals surface area contributed by atoms with Gasteiger partial charge in [0, 0.05) is 5.69 Å². The van der Waals surface area contributed by atoms with Gasteiger partial charge in [0.1, 0.15) is 0 Å². The van der Waals surface area contributed by atoms with Crippen molar-refractivity contribution in [3.8, 4) is 11.5 Å². The van der Waals surface area contributed by atoms with Gasteiger partial charge in [0.2, 0.25) is 0 Å². The normalized spacial score (nSPS) is 10.3. The average molecular weight is 329 g/mol. The Morgan fingerprint density at radius 1 is 1.17 bits per heavy atom. The summed E-state index contributed by atoms with van der Waals surface area (Å²) in [6, 6.07) is 15.3. The lowest BCUT2D eigenvalue weighted by Crippen LogP contribution is -2.23. The third-order valence-corrected chi connectivity index (χ3v) is 3.09. The lowest BCUT2D eigenvalue weighted by atomic mass is 10.2. The van der Waals surface area contributed by atoms with Crippen LogP contribution in [0.15, 0.2) is 53.6 Å². The second-order valence-electron chi connectivity index (χ2n) is 4.53. The molecular weight excluding hydrogens is 310 g/mol.